The molecule has 2 N–H and O–H groups in total. The average molecular weight is 282 g/mol. The SMILES string of the molecule is Cc1ccc(C)c(Oc2cc(C(F)(F)F)cnc2N)c1. The molecule has 3 nitrogen and oxygen atoms in total. The van der Waals surface area contributed by atoms with Crippen LogP contribution in [-0.2, 0) is 6.18 Å². The van der Waals surface area contributed by atoms with Crippen molar-refractivity contribution in [3.05, 3.63) is 47.2 Å². The molecule has 1 aromatic heterocycles. The highest BCUT2D eigenvalue weighted by Gasteiger charge is 2.32. The fourth-order valence-corrected chi connectivity index (χ4v) is 1.63. The second-order valence-electron chi connectivity index (χ2n) is 4.48. The number of ether oxygens (including phenoxy) is 1. The molecule has 0 saturated carbocycles. The first-order valence-corrected chi connectivity index (χ1v) is 5.85. The van der Waals surface area contributed by atoms with Crippen LogP contribution in [0.3, 0.4) is 0 Å². The number of pyridine rings is 1. The zero-order valence-corrected chi connectivity index (χ0v) is 11.0. The van der Waals surface area contributed by atoms with E-state index >= 15 is 0 Å². The molecule has 0 aliphatic heterocycles. The number of anilines is 1. The molecule has 0 atom stereocenters. The van der Waals surface area contributed by atoms with Gasteiger partial charge in [0.15, 0.2) is 11.6 Å². The van der Waals surface area contributed by atoms with Crippen molar-refractivity contribution in [3.8, 4) is 11.5 Å². The predicted molar refractivity (Wildman–Crippen MR) is 69.6 cm³/mol. The summed E-state index contributed by atoms with van der Waals surface area (Å²) in [6, 6.07) is 6.29. The number of aromatic nitrogens is 1. The Bertz CT molecular complexity index is 639. The topological polar surface area (TPSA) is 48.1 Å². The van der Waals surface area contributed by atoms with E-state index in [1.165, 1.54) is 0 Å². The van der Waals surface area contributed by atoms with Crippen LogP contribution in [0.25, 0.3) is 0 Å². The van der Waals surface area contributed by atoms with Crippen LogP contribution in [0, 0.1) is 13.8 Å². The molecule has 106 valence electrons. The van der Waals surface area contributed by atoms with Crippen molar-refractivity contribution >= 4 is 5.82 Å². The van der Waals surface area contributed by atoms with Gasteiger partial charge in [-0.1, -0.05) is 12.1 Å². The summed E-state index contributed by atoms with van der Waals surface area (Å²) in [4.78, 5) is 3.53. The van der Waals surface area contributed by atoms with E-state index in [9.17, 15) is 13.2 Å². The van der Waals surface area contributed by atoms with Crippen LogP contribution in [-0.4, -0.2) is 4.98 Å². The Morgan fingerprint density at radius 2 is 1.80 bits per heavy atom. The number of hydrogen-bond donors (Lipinski definition) is 1. The van der Waals surface area contributed by atoms with Gasteiger partial charge in [-0.05, 0) is 37.1 Å². The molecule has 0 saturated heterocycles. The third-order valence-corrected chi connectivity index (χ3v) is 2.77. The normalized spacial score (nSPS) is 11.4. The van der Waals surface area contributed by atoms with Gasteiger partial charge in [-0.3, -0.25) is 0 Å². The first kappa shape index (κ1) is 14.2. The van der Waals surface area contributed by atoms with Crippen LogP contribution < -0.4 is 10.5 Å². The van der Waals surface area contributed by atoms with Gasteiger partial charge in [0.25, 0.3) is 0 Å². The minimum absolute atomic E-state index is 0.0843. The molecule has 0 aliphatic rings. The molecule has 1 aromatic carbocycles. The number of nitrogen functional groups attached to an aromatic ring is 1. The molecule has 0 bridgehead atoms. The van der Waals surface area contributed by atoms with Crippen molar-refractivity contribution in [3.63, 3.8) is 0 Å². The number of hydrogen-bond acceptors (Lipinski definition) is 3. The Morgan fingerprint density at radius 3 is 2.45 bits per heavy atom. The van der Waals surface area contributed by atoms with Gasteiger partial charge in [-0.15, -0.1) is 0 Å². The van der Waals surface area contributed by atoms with Gasteiger partial charge < -0.3 is 10.5 Å². The molecule has 20 heavy (non-hydrogen) atoms. The Morgan fingerprint density at radius 1 is 1.10 bits per heavy atom. The van der Waals surface area contributed by atoms with E-state index in [-0.39, 0.29) is 11.6 Å². The zero-order chi connectivity index (χ0) is 14.9. The fourth-order valence-electron chi connectivity index (χ4n) is 1.63. The van der Waals surface area contributed by atoms with Gasteiger partial charge in [0.1, 0.15) is 5.75 Å². The van der Waals surface area contributed by atoms with Crippen molar-refractivity contribution in [1.29, 1.82) is 0 Å². The molecule has 1 heterocycles. The highest BCUT2D eigenvalue weighted by atomic mass is 19.4. The van der Waals surface area contributed by atoms with E-state index in [4.69, 9.17) is 10.5 Å². The molecule has 0 spiro atoms. The Labute approximate surface area is 114 Å². The summed E-state index contributed by atoms with van der Waals surface area (Å²) in [5.74, 6) is 0.269. The van der Waals surface area contributed by atoms with Crippen molar-refractivity contribution in [2.24, 2.45) is 0 Å². The summed E-state index contributed by atoms with van der Waals surface area (Å²) < 4.78 is 43.4. The van der Waals surface area contributed by atoms with E-state index in [0.717, 1.165) is 17.2 Å². The first-order chi connectivity index (χ1) is 9.27. The van der Waals surface area contributed by atoms with Crippen molar-refractivity contribution in [2.45, 2.75) is 20.0 Å². The smallest absolute Gasteiger partial charge is 0.418 e. The third-order valence-electron chi connectivity index (χ3n) is 2.77. The average Bonchev–Trinajstić information content (AvgIpc) is 2.35. The summed E-state index contributed by atoms with van der Waals surface area (Å²) >= 11 is 0. The number of rotatable bonds is 2. The Kier molecular flexibility index (Phi) is 3.57. The van der Waals surface area contributed by atoms with Crippen molar-refractivity contribution < 1.29 is 17.9 Å². The largest absolute Gasteiger partial charge is 0.453 e. The molecule has 0 amide bonds. The van der Waals surface area contributed by atoms with E-state index in [0.29, 0.717) is 11.9 Å². The molecule has 0 radical (unpaired) electrons. The van der Waals surface area contributed by atoms with Gasteiger partial charge >= 0.3 is 6.18 Å². The highest BCUT2D eigenvalue weighted by molar-refractivity contribution is 5.51. The van der Waals surface area contributed by atoms with Crippen LogP contribution in [0.15, 0.2) is 30.5 Å². The van der Waals surface area contributed by atoms with E-state index in [1.807, 2.05) is 19.1 Å². The fraction of sp³-hybridized carbons (Fsp3) is 0.214. The summed E-state index contributed by atoms with van der Waals surface area (Å²) in [7, 11) is 0. The second-order valence-corrected chi connectivity index (χ2v) is 4.48. The maximum Gasteiger partial charge on any atom is 0.418 e. The van der Waals surface area contributed by atoms with Gasteiger partial charge in [0.05, 0.1) is 5.56 Å². The highest BCUT2D eigenvalue weighted by Crippen LogP contribution is 2.35. The lowest BCUT2D eigenvalue weighted by molar-refractivity contribution is -0.137. The number of alkyl halides is 3. The molecular weight excluding hydrogens is 269 g/mol. The number of benzene rings is 1. The number of nitrogens with two attached hydrogens (primary N) is 1. The number of aryl methyl sites for hydroxylation is 2. The molecule has 0 fully saturated rings. The van der Waals surface area contributed by atoms with Crippen LogP contribution in [0.5, 0.6) is 11.5 Å². The summed E-state index contributed by atoms with van der Waals surface area (Å²) in [5.41, 5.74) is 6.40. The summed E-state index contributed by atoms with van der Waals surface area (Å²) in [5, 5.41) is 0. The van der Waals surface area contributed by atoms with Gasteiger partial charge in [-0.25, -0.2) is 4.98 Å². The van der Waals surface area contributed by atoms with Crippen LogP contribution >= 0.6 is 0 Å². The quantitative estimate of drug-likeness (QED) is 0.902. The molecule has 6 heteroatoms. The summed E-state index contributed by atoms with van der Waals surface area (Å²) in [6.07, 6.45) is -3.80. The number of nitrogens with zero attached hydrogens (tertiary/aromatic N) is 1. The van der Waals surface area contributed by atoms with E-state index in [2.05, 4.69) is 4.98 Å². The van der Waals surface area contributed by atoms with E-state index < -0.39 is 11.7 Å². The molecule has 2 aromatic rings. The van der Waals surface area contributed by atoms with E-state index in [1.54, 1.807) is 13.0 Å². The van der Waals surface area contributed by atoms with Crippen LogP contribution in [0.2, 0.25) is 0 Å². The zero-order valence-electron chi connectivity index (χ0n) is 11.0. The van der Waals surface area contributed by atoms with Crippen LogP contribution in [0.1, 0.15) is 16.7 Å². The molecule has 2 rings (SSSR count). The second kappa shape index (κ2) is 5.03. The van der Waals surface area contributed by atoms with Crippen LogP contribution in [0.4, 0.5) is 19.0 Å². The maximum absolute atomic E-state index is 12.6. The first-order valence-electron chi connectivity index (χ1n) is 5.85. The lowest BCUT2D eigenvalue weighted by Gasteiger charge is -2.13. The van der Waals surface area contributed by atoms with Gasteiger partial charge in [0, 0.05) is 6.20 Å². The summed E-state index contributed by atoms with van der Waals surface area (Å²) in [6.45, 7) is 3.66. The third kappa shape index (κ3) is 3.01. The minimum atomic E-state index is -4.49. The lowest BCUT2D eigenvalue weighted by Crippen LogP contribution is -2.07. The monoisotopic (exact) mass is 282 g/mol. The Hall–Kier alpha value is -2.24. The van der Waals surface area contributed by atoms with Gasteiger partial charge in [0.2, 0.25) is 0 Å². The Balaban J connectivity index is 2.40. The number of halogens is 3. The van der Waals surface area contributed by atoms with Gasteiger partial charge in [-0.2, -0.15) is 13.2 Å². The maximum atomic E-state index is 12.6. The molecule has 0 aliphatic carbocycles. The minimum Gasteiger partial charge on any atom is -0.453 e. The lowest BCUT2D eigenvalue weighted by atomic mass is 10.1. The molecular formula is C14H13F3N2O. The predicted octanol–water partition coefficient (Wildman–Crippen LogP) is 4.09. The van der Waals surface area contributed by atoms with Crippen molar-refractivity contribution in [2.75, 3.05) is 5.73 Å². The van der Waals surface area contributed by atoms with Crippen molar-refractivity contribution in [1.82, 2.24) is 4.98 Å². The molecule has 0 unspecified atom stereocenters. The standard InChI is InChI=1S/C14H13F3N2O/c1-8-3-4-9(2)11(5-8)20-12-6-10(14(15,16)17)7-19-13(12)18/h3-7H,1-2H3,(H2,18,19).